The maximum atomic E-state index is 10.7. The Kier molecular flexibility index (Phi) is 3.36. The van der Waals surface area contributed by atoms with Crippen LogP contribution in [0.2, 0.25) is 0 Å². The van der Waals surface area contributed by atoms with E-state index in [-0.39, 0.29) is 6.42 Å². The summed E-state index contributed by atoms with van der Waals surface area (Å²) in [6, 6.07) is 6.49. The maximum absolute atomic E-state index is 10.7. The van der Waals surface area contributed by atoms with E-state index in [1.54, 1.807) is 0 Å². The third-order valence-electron chi connectivity index (χ3n) is 3.49. The summed E-state index contributed by atoms with van der Waals surface area (Å²) >= 11 is 0. The average Bonchev–Trinajstić information content (AvgIpc) is 2.63. The molecule has 92 valence electrons. The number of carboxylic acid groups (broad SMARTS) is 1. The number of carbonyl (C=O) groups is 1. The van der Waals surface area contributed by atoms with Crippen LogP contribution in [0.1, 0.15) is 36.8 Å². The van der Waals surface area contributed by atoms with Gasteiger partial charge in [0.1, 0.15) is 0 Å². The Hall–Kier alpha value is -1.51. The van der Waals surface area contributed by atoms with E-state index in [1.165, 1.54) is 16.8 Å². The van der Waals surface area contributed by atoms with E-state index >= 15 is 0 Å². The van der Waals surface area contributed by atoms with Crippen molar-refractivity contribution in [2.75, 3.05) is 18.0 Å². The molecule has 0 aromatic heterocycles. The van der Waals surface area contributed by atoms with Gasteiger partial charge in [0.15, 0.2) is 0 Å². The van der Waals surface area contributed by atoms with Gasteiger partial charge < -0.3 is 10.0 Å². The topological polar surface area (TPSA) is 40.5 Å². The lowest BCUT2D eigenvalue weighted by Gasteiger charge is -2.16. The predicted octanol–water partition coefficient (Wildman–Crippen LogP) is 2.78. The quantitative estimate of drug-likeness (QED) is 0.869. The fourth-order valence-electron chi connectivity index (χ4n) is 2.60. The fourth-order valence-corrected chi connectivity index (χ4v) is 2.60. The van der Waals surface area contributed by atoms with Gasteiger partial charge >= 0.3 is 5.97 Å². The highest BCUT2D eigenvalue weighted by Gasteiger charge is 2.27. The molecule has 1 aromatic carbocycles. The molecule has 0 saturated carbocycles. The number of fused-ring (bicyclic) bond motifs is 1. The molecule has 3 nitrogen and oxygen atoms in total. The molecule has 0 amide bonds. The number of aryl methyl sites for hydroxylation is 1. The van der Waals surface area contributed by atoms with Gasteiger partial charge in [0, 0.05) is 31.1 Å². The lowest BCUT2D eigenvalue weighted by Crippen LogP contribution is -2.21. The summed E-state index contributed by atoms with van der Waals surface area (Å²) in [6.45, 7) is 6.18. The van der Waals surface area contributed by atoms with Crippen molar-refractivity contribution in [1.29, 1.82) is 0 Å². The van der Waals surface area contributed by atoms with Crippen molar-refractivity contribution < 1.29 is 9.90 Å². The standard InChI is InChI=1S/C14H19NO2/c1-3-15-9-11(5-7-14(16)17)12-8-10(2)4-6-13(12)15/h4,6,8,11H,3,5,7,9H2,1-2H3,(H,16,17). The van der Waals surface area contributed by atoms with Gasteiger partial charge in [-0.25, -0.2) is 0 Å². The third kappa shape index (κ3) is 2.43. The van der Waals surface area contributed by atoms with Gasteiger partial charge in [0.25, 0.3) is 0 Å². The summed E-state index contributed by atoms with van der Waals surface area (Å²) in [6.07, 6.45) is 0.998. The van der Waals surface area contributed by atoms with Crippen molar-refractivity contribution >= 4 is 11.7 Å². The number of hydrogen-bond donors (Lipinski definition) is 1. The molecule has 0 radical (unpaired) electrons. The number of hydrogen-bond acceptors (Lipinski definition) is 2. The van der Waals surface area contributed by atoms with Crippen molar-refractivity contribution in [1.82, 2.24) is 0 Å². The van der Waals surface area contributed by atoms with Crippen molar-refractivity contribution in [3.05, 3.63) is 29.3 Å². The second-order valence-corrected chi connectivity index (χ2v) is 4.73. The van der Waals surface area contributed by atoms with Crippen LogP contribution in [0.5, 0.6) is 0 Å². The zero-order valence-electron chi connectivity index (χ0n) is 10.4. The van der Waals surface area contributed by atoms with E-state index in [0.29, 0.717) is 5.92 Å². The highest BCUT2D eigenvalue weighted by atomic mass is 16.4. The molecule has 0 fully saturated rings. The second kappa shape index (κ2) is 4.78. The molecule has 17 heavy (non-hydrogen) atoms. The van der Waals surface area contributed by atoms with Gasteiger partial charge in [-0.1, -0.05) is 17.7 Å². The summed E-state index contributed by atoms with van der Waals surface area (Å²) in [5, 5.41) is 8.79. The molecule has 1 unspecified atom stereocenters. The number of benzene rings is 1. The predicted molar refractivity (Wildman–Crippen MR) is 68.7 cm³/mol. The summed E-state index contributed by atoms with van der Waals surface area (Å²) in [7, 11) is 0. The van der Waals surface area contributed by atoms with Gasteiger partial charge in [-0.3, -0.25) is 4.79 Å². The molecule has 0 spiro atoms. The summed E-state index contributed by atoms with van der Waals surface area (Å²) < 4.78 is 0. The first-order valence-electron chi connectivity index (χ1n) is 6.19. The first kappa shape index (κ1) is 12.0. The van der Waals surface area contributed by atoms with Crippen LogP contribution < -0.4 is 4.90 Å². The van der Waals surface area contributed by atoms with Gasteiger partial charge in [0.2, 0.25) is 0 Å². The summed E-state index contributed by atoms with van der Waals surface area (Å²) in [5.74, 6) is -0.324. The smallest absolute Gasteiger partial charge is 0.303 e. The Morgan fingerprint density at radius 1 is 1.53 bits per heavy atom. The van der Waals surface area contributed by atoms with Crippen LogP contribution >= 0.6 is 0 Å². The summed E-state index contributed by atoms with van der Waals surface area (Å²) in [4.78, 5) is 13.0. The molecule has 1 aliphatic heterocycles. The lowest BCUT2D eigenvalue weighted by atomic mass is 9.95. The molecule has 1 aliphatic rings. The largest absolute Gasteiger partial charge is 0.481 e. The molecule has 1 aromatic rings. The SMILES string of the molecule is CCN1CC(CCC(=O)O)c2cc(C)ccc21. The average molecular weight is 233 g/mol. The van der Waals surface area contributed by atoms with Crippen LogP contribution in [-0.2, 0) is 4.79 Å². The van der Waals surface area contributed by atoms with E-state index in [4.69, 9.17) is 5.11 Å². The molecular weight excluding hydrogens is 214 g/mol. The Bertz CT molecular complexity index is 428. The molecule has 0 bridgehead atoms. The number of carboxylic acids is 1. The van der Waals surface area contributed by atoms with Gasteiger partial charge in [0.05, 0.1) is 0 Å². The zero-order valence-corrected chi connectivity index (χ0v) is 10.4. The van der Waals surface area contributed by atoms with Crippen molar-refractivity contribution in [2.24, 2.45) is 0 Å². The summed E-state index contributed by atoms with van der Waals surface area (Å²) in [5.41, 5.74) is 3.86. The van der Waals surface area contributed by atoms with Crippen molar-refractivity contribution in [2.45, 2.75) is 32.6 Å². The number of anilines is 1. The molecule has 3 heteroatoms. The highest BCUT2D eigenvalue weighted by Crippen LogP contribution is 2.38. The molecule has 0 saturated heterocycles. The molecule has 1 atom stereocenters. The maximum Gasteiger partial charge on any atom is 0.303 e. The first-order valence-corrected chi connectivity index (χ1v) is 6.19. The van der Waals surface area contributed by atoms with Crippen LogP contribution in [-0.4, -0.2) is 24.2 Å². The first-order chi connectivity index (χ1) is 8.11. The number of nitrogens with zero attached hydrogens (tertiary/aromatic N) is 1. The molecule has 1 N–H and O–H groups in total. The van der Waals surface area contributed by atoms with Crippen molar-refractivity contribution in [3.63, 3.8) is 0 Å². The van der Waals surface area contributed by atoms with Crippen LogP contribution in [0.15, 0.2) is 18.2 Å². The lowest BCUT2D eigenvalue weighted by molar-refractivity contribution is -0.137. The third-order valence-corrected chi connectivity index (χ3v) is 3.49. The number of rotatable bonds is 4. The monoisotopic (exact) mass is 233 g/mol. The minimum absolute atomic E-state index is 0.260. The van der Waals surface area contributed by atoms with E-state index in [9.17, 15) is 4.79 Å². The normalized spacial score (nSPS) is 18.2. The second-order valence-electron chi connectivity index (χ2n) is 4.73. The highest BCUT2D eigenvalue weighted by molar-refractivity contribution is 5.67. The Morgan fingerprint density at radius 2 is 2.29 bits per heavy atom. The van der Waals surface area contributed by atoms with Gasteiger partial charge in [-0.05, 0) is 31.9 Å². The van der Waals surface area contributed by atoms with Crippen LogP contribution in [0, 0.1) is 6.92 Å². The molecule has 2 rings (SSSR count). The minimum Gasteiger partial charge on any atom is -0.481 e. The van der Waals surface area contributed by atoms with E-state index in [1.807, 2.05) is 0 Å². The number of likely N-dealkylation sites (N-methyl/N-ethyl adjacent to an activating group) is 1. The van der Waals surface area contributed by atoms with Crippen LogP contribution in [0.3, 0.4) is 0 Å². The van der Waals surface area contributed by atoms with E-state index in [0.717, 1.165) is 19.5 Å². The van der Waals surface area contributed by atoms with E-state index < -0.39 is 5.97 Å². The fraction of sp³-hybridized carbons (Fsp3) is 0.500. The Balaban J connectivity index is 2.22. The van der Waals surface area contributed by atoms with Crippen molar-refractivity contribution in [3.8, 4) is 0 Å². The van der Waals surface area contributed by atoms with Crippen LogP contribution in [0.4, 0.5) is 5.69 Å². The van der Waals surface area contributed by atoms with Crippen LogP contribution in [0.25, 0.3) is 0 Å². The zero-order chi connectivity index (χ0) is 12.4. The molecule has 1 heterocycles. The Morgan fingerprint density at radius 3 is 2.94 bits per heavy atom. The van der Waals surface area contributed by atoms with Gasteiger partial charge in [-0.15, -0.1) is 0 Å². The van der Waals surface area contributed by atoms with Gasteiger partial charge in [-0.2, -0.15) is 0 Å². The Labute approximate surface area is 102 Å². The molecular formula is C14H19NO2. The molecule has 0 aliphatic carbocycles. The number of aliphatic carboxylic acids is 1. The minimum atomic E-state index is -0.700. The van der Waals surface area contributed by atoms with E-state index in [2.05, 4.69) is 36.9 Å².